The minimum atomic E-state index is -0.148. The van der Waals surface area contributed by atoms with Crippen LogP contribution in [0.25, 0.3) is 0 Å². The van der Waals surface area contributed by atoms with Crippen LogP contribution in [-0.2, 0) is 4.79 Å². The van der Waals surface area contributed by atoms with E-state index in [0.29, 0.717) is 11.3 Å². The molecule has 0 fully saturated rings. The van der Waals surface area contributed by atoms with E-state index in [0.717, 1.165) is 5.57 Å². The largest absolute Gasteiger partial charge is 0.327 e. The molecule has 0 rings (SSSR count). The summed E-state index contributed by atoms with van der Waals surface area (Å²) in [5, 5.41) is 2.60. The third kappa shape index (κ3) is 3.34. The standard InChI is InChI=1S/C9H16N2O/c1-6(2)8(5-10)9(12)11-7(3)4/h3,5,10H2,1-2,4H3,(H,11,12). The fourth-order valence-corrected chi connectivity index (χ4v) is 0.793. The van der Waals surface area contributed by atoms with Gasteiger partial charge in [0, 0.05) is 17.8 Å². The first kappa shape index (κ1) is 10.9. The van der Waals surface area contributed by atoms with E-state index >= 15 is 0 Å². The topological polar surface area (TPSA) is 55.1 Å². The Morgan fingerprint density at radius 3 is 2.17 bits per heavy atom. The van der Waals surface area contributed by atoms with Gasteiger partial charge in [0.15, 0.2) is 0 Å². The van der Waals surface area contributed by atoms with Crippen molar-refractivity contribution in [1.82, 2.24) is 5.32 Å². The number of allylic oxidation sites excluding steroid dienone is 2. The molecular weight excluding hydrogens is 152 g/mol. The van der Waals surface area contributed by atoms with E-state index in [4.69, 9.17) is 5.73 Å². The van der Waals surface area contributed by atoms with E-state index in [2.05, 4.69) is 11.9 Å². The molecule has 3 N–H and O–H groups in total. The van der Waals surface area contributed by atoms with Gasteiger partial charge in [-0.15, -0.1) is 0 Å². The molecule has 0 aliphatic rings. The predicted molar refractivity (Wildman–Crippen MR) is 50.4 cm³/mol. The van der Waals surface area contributed by atoms with E-state index in [1.54, 1.807) is 6.92 Å². The quantitative estimate of drug-likeness (QED) is 0.616. The van der Waals surface area contributed by atoms with Crippen LogP contribution in [0.15, 0.2) is 23.4 Å². The number of rotatable bonds is 3. The monoisotopic (exact) mass is 168 g/mol. The molecule has 0 aromatic rings. The summed E-state index contributed by atoms with van der Waals surface area (Å²) in [7, 11) is 0. The molecule has 0 unspecified atom stereocenters. The van der Waals surface area contributed by atoms with Crippen LogP contribution in [0.2, 0.25) is 0 Å². The van der Waals surface area contributed by atoms with Crippen LogP contribution in [0.5, 0.6) is 0 Å². The van der Waals surface area contributed by atoms with Crippen molar-refractivity contribution in [2.45, 2.75) is 20.8 Å². The van der Waals surface area contributed by atoms with Gasteiger partial charge in [-0.3, -0.25) is 4.79 Å². The Balaban J connectivity index is 4.45. The molecule has 0 heterocycles. The lowest BCUT2D eigenvalue weighted by Crippen LogP contribution is -2.27. The summed E-state index contributed by atoms with van der Waals surface area (Å²) in [6.07, 6.45) is 0. The summed E-state index contributed by atoms with van der Waals surface area (Å²) in [4.78, 5) is 11.3. The highest BCUT2D eigenvalue weighted by molar-refractivity contribution is 5.95. The first-order valence-electron chi connectivity index (χ1n) is 3.82. The first-order chi connectivity index (χ1) is 5.49. The maximum Gasteiger partial charge on any atom is 0.252 e. The highest BCUT2D eigenvalue weighted by Gasteiger charge is 2.07. The molecule has 0 aliphatic carbocycles. The molecule has 0 aliphatic heterocycles. The third-order valence-electron chi connectivity index (χ3n) is 1.41. The maximum atomic E-state index is 11.3. The van der Waals surface area contributed by atoms with Crippen molar-refractivity contribution in [1.29, 1.82) is 0 Å². The fourth-order valence-electron chi connectivity index (χ4n) is 0.793. The molecule has 12 heavy (non-hydrogen) atoms. The van der Waals surface area contributed by atoms with Crippen LogP contribution < -0.4 is 11.1 Å². The van der Waals surface area contributed by atoms with Crippen LogP contribution in [0.4, 0.5) is 0 Å². The Morgan fingerprint density at radius 1 is 1.42 bits per heavy atom. The van der Waals surface area contributed by atoms with Gasteiger partial charge in [-0.25, -0.2) is 0 Å². The van der Waals surface area contributed by atoms with Crippen LogP contribution in [0, 0.1) is 0 Å². The average Bonchev–Trinajstić information content (AvgIpc) is 1.85. The third-order valence-corrected chi connectivity index (χ3v) is 1.41. The van der Waals surface area contributed by atoms with Crippen LogP contribution in [0.3, 0.4) is 0 Å². The summed E-state index contributed by atoms with van der Waals surface area (Å²) in [6, 6.07) is 0. The number of nitrogens with two attached hydrogens (primary N) is 1. The second kappa shape index (κ2) is 4.72. The summed E-state index contributed by atoms with van der Waals surface area (Å²) in [5.74, 6) is -0.148. The predicted octanol–water partition coefficient (Wildman–Crippen LogP) is 0.931. The Labute approximate surface area is 73.3 Å². The second-order valence-electron chi connectivity index (χ2n) is 2.92. The molecule has 3 heteroatoms. The number of nitrogens with one attached hydrogen (secondary N) is 1. The van der Waals surface area contributed by atoms with Crippen molar-refractivity contribution >= 4 is 5.91 Å². The number of amides is 1. The number of carbonyl (C=O) groups is 1. The van der Waals surface area contributed by atoms with Gasteiger partial charge in [0.25, 0.3) is 5.91 Å². The van der Waals surface area contributed by atoms with Crippen LogP contribution >= 0.6 is 0 Å². The van der Waals surface area contributed by atoms with Crippen LogP contribution in [-0.4, -0.2) is 12.5 Å². The highest BCUT2D eigenvalue weighted by Crippen LogP contribution is 2.01. The molecule has 0 bridgehead atoms. The zero-order valence-electron chi connectivity index (χ0n) is 7.90. The average molecular weight is 168 g/mol. The van der Waals surface area contributed by atoms with Gasteiger partial charge in [-0.1, -0.05) is 12.2 Å². The molecule has 3 nitrogen and oxygen atoms in total. The van der Waals surface area contributed by atoms with Crippen LogP contribution in [0.1, 0.15) is 20.8 Å². The normalized spacial score (nSPS) is 9.00. The molecule has 68 valence electrons. The molecule has 1 amide bonds. The SMILES string of the molecule is C=C(C)NC(=O)C(CN)=C(C)C. The molecule has 0 atom stereocenters. The number of hydrogen-bond acceptors (Lipinski definition) is 2. The van der Waals surface area contributed by atoms with Gasteiger partial charge < -0.3 is 11.1 Å². The minimum Gasteiger partial charge on any atom is -0.327 e. The van der Waals surface area contributed by atoms with Gasteiger partial charge >= 0.3 is 0 Å². The maximum absolute atomic E-state index is 11.3. The summed E-state index contributed by atoms with van der Waals surface area (Å²) in [6.45, 7) is 9.30. The molecule has 0 saturated carbocycles. The lowest BCUT2D eigenvalue weighted by atomic mass is 10.1. The summed E-state index contributed by atoms with van der Waals surface area (Å²) < 4.78 is 0. The Hall–Kier alpha value is -1.09. The van der Waals surface area contributed by atoms with Gasteiger partial charge in [0.05, 0.1) is 0 Å². The van der Waals surface area contributed by atoms with E-state index < -0.39 is 0 Å². The Morgan fingerprint density at radius 2 is 1.92 bits per heavy atom. The molecule has 0 radical (unpaired) electrons. The van der Waals surface area contributed by atoms with Crippen molar-refractivity contribution < 1.29 is 4.79 Å². The van der Waals surface area contributed by atoms with Crippen molar-refractivity contribution in [2.75, 3.05) is 6.54 Å². The minimum absolute atomic E-state index is 0.148. The number of carbonyl (C=O) groups excluding carboxylic acids is 1. The summed E-state index contributed by atoms with van der Waals surface area (Å²) >= 11 is 0. The van der Waals surface area contributed by atoms with Gasteiger partial charge in [-0.2, -0.15) is 0 Å². The van der Waals surface area contributed by atoms with E-state index in [9.17, 15) is 4.79 Å². The molecule has 0 aromatic carbocycles. The van der Waals surface area contributed by atoms with Gasteiger partial charge in [-0.05, 0) is 20.8 Å². The van der Waals surface area contributed by atoms with Crippen molar-refractivity contribution in [2.24, 2.45) is 5.73 Å². The molecule has 0 aromatic heterocycles. The lowest BCUT2D eigenvalue weighted by Gasteiger charge is -2.07. The lowest BCUT2D eigenvalue weighted by molar-refractivity contribution is -0.116. The zero-order valence-corrected chi connectivity index (χ0v) is 7.90. The Kier molecular flexibility index (Phi) is 4.29. The van der Waals surface area contributed by atoms with Crippen molar-refractivity contribution in [3.63, 3.8) is 0 Å². The second-order valence-corrected chi connectivity index (χ2v) is 2.92. The fraction of sp³-hybridized carbons (Fsp3) is 0.444. The smallest absolute Gasteiger partial charge is 0.252 e. The molecule has 0 saturated heterocycles. The van der Waals surface area contributed by atoms with Crippen molar-refractivity contribution in [3.8, 4) is 0 Å². The summed E-state index contributed by atoms with van der Waals surface area (Å²) in [5.41, 5.74) is 7.60. The van der Waals surface area contributed by atoms with E-state index in [1.807, 2.05) is 13.8 Å². The first-order valence-corrected chi connectivity index (χ1v) is 3.82. The van der Waals surface area contributed by atoms with Gasteiger partial charge in [0.2, 0.25) is 0 Å². The molecule has 0 spiro atoms. The van der Waals surface area contributed by atoms with Gasteiger partial charge in [0.1, 0.15) is 0 Å². The number of hydrogen-bond donors (Lipinski definition) is 2. The highest BCUT2D eigenvalue weighted by atomic mass is 16.1. The Bertz CT molecular complexity index is 225. The molecular formula is C9H16N2O. The zero-order chi connectivity index (χ0) is 9.72. The van der Waals surface area contributed by atoms with Crippen molar-refractivity contribution in [3.05, 3.63) is 23.4 Å². The van der Waals surface area contributed by atoms with E-state index in [1.165, 1.54) is 0 Å². The van der Waals surface area contributed by atoms with E-state index in [-0.39, 0.29) is 12.5 Å².